The van der Waals surface area contributed by atoms with E-state index in [1.807, 2.05) is 22.7 Å². The zero-order chi connectivity index (χ0) is 14.5. The highest BCUT2D eigenvalue weighted by Gasteiger charge is 2.26. The largest absolute Gasteiger partial charge is 0.472 e. The van der Waals surface area contributed by atoms with Crippen molar-refractivity contribution in [3.05, 3.63) is 40.2 Å². The molecule has 0 aliphatic rings. The van der Waals surface area contributed by atoms with E-state index in [0.29, 0.717) is 0 Å². The smallest absolute Gasteiger partial charge is 0.111 e. The second-order valence-corrected chi connectivity index (χ2v) is 11.9. The maximum absolute atomic E-state index is 6.41. The van der Waals surface area contributed by atoms with Crippen LogP contribution in [0.1, 0.15) is 0 Å². The lowest BCUT2D eigenvalue weighted by Crippen LogP contribution is -2.43. The van der Waals surface area contributed by atoms with E-state index in [1.54, 1.807) is 12.5 Å². The van der Waals surface area contributed by atoms with Gasteiger partial charge in [0.15, 0.2) is 0 Å². The summed E-state index contributed by atoms with van der Waals surface area (Å²) >= 11 is 10.1. The molecule has 6 heteroatoms. The first-order valence-corrected chi connectivity index (χ1v) is 11.0. The molecule has 0 aliphatic heterocycles. The van der Waals surface area contributed by atoms with Gasteiger partial charge in [0, 0.05) is 10.9 Å². The van der Waals surface area contributed by atoms with Gasteiger partial charge in [0.1, 0.15) is 13.8 Å². The average Bonchev–Trinajstić information content (AvgIpc) is 2.95. The van der Waals surface area contributed by atoms with Crippen LogP contribution in [-0.4, -0.2) is 17.7 Å². The maximum Gasteiger partial charge on any atom is 0.111 e. The van der Waals surface area contributed by atoms with Crippen LogP contribution in [0.25, 0.3) is 16.8 Å². The third kappa shape index (κ3) is 2.14. The zero-order valence-corrected chi connectivity index (χ0v) is 14.8. The number of rotatable bonds is 2. The molecular formula is C14H14BrClN2OSi. The van der Waals surface area contributed by atoms with Crippen molar-refractivity contribution in [2.45, 2.75) is 19.6 Å². The van der Waals surface area contributed by atoms with Crippen molar-refractivity contribution < 1.29 is 4.42 Å². The van der Waals surface area contributed by atoms with Crippen LogP contribution >= 0.6 is 27.5 Å². The van der Waals surface area contributed by atoms with Crippen LogP contribution in [0.5, 0.6) is 0 Å². The number of halogens is 2. The first kappa shape index (κ1) is 13.9. The number of hydrogen-bond donors (Lipinski definition) is 0. The molecule has 0 saturated heterocycles. The molecule has 0 bridgehead atoms. The lowest BCUT2D eigenvalue weighted by atomic mass is 10.2. The molecule has 104 valence electrons. The Hall–Kier alpha value is -1.04. The van der Waals surface area contributed by atoms with Gasteiger partial charge in [0.2, 0.25) is 0 Å². The van der Waals surface area contributed by atoms with Crippen molar-refractivity contribution in [3.8, 4) is 11.3 Å². The topological polar surface area (TPSA) is 30.4 Å². The molecule has 3 rings (SSSR count). The number of nitrogens with zero attached hydrogens (tertiary/aromatic N) is 2. The van der Waals surface area contributed by atoms with Crippen LogP contribution < -0.4 is 5.32 Å². The summed E-state index contributed by atoms with van der Waals surface area (Å²) in [6, 6.07) is 5.85. The Morgan fingerprint density at radius 2 is 2.00 bits per heavy atom. The quantitative estimate of drug-likeness (QED) is 0.620. The van der Waals surface area contributed by atoms with Crippen LogP contribution in [0.3, 0.4) is 0 Å². The van der Waals surface area contributed by atoms with E-state index >= 15 is 0 Å². The van der Waals surface area contributed by atoms with Gasteiger partial charge in [-0.3, -0.25) is 0 Å². The average molecular weight is 370 g/mol. The van der Waals surface area contributed by atoms with Gasteiger partial charge in [-0.1, -0.05) is 31.2 Å². The molecule has 3 aromatic heterocycles. The molecule has 0 unspecified atom stereocenters. The monoisotopic (exact) mass is 368 g/mol. The molecule has 0 saturated carbocycles. The molecule has 0 fully saturated rings. The van der Waals surface area contributed by atoms with E-state index in [2.05, 4.69) is 35.6 Å². The lowest BCUT2D eigenvalue weighted by Gasteiger charge is -2.19. The summed E-state index contributed by atoms with van der Waals surface area (Å²) in [5.74, 6) is 0. The van der Waals surface area contributed by atoms with Crippen LogP contribution in [-0.2, 0) is 0 Å². The van der Waals surface area contributed by atoms with E-state index in [4.69, 9.17) is 21.1 Å². The first-order chi connectivity index (χ1) is 9.39. The first-order valence-electron chi connectivity index (χ1n) is 6.29. The summed E-state index contributed by atoms with van der Waals surface area (Å²) in [6.45, 7) is 6.79. The second-order valence-electron chi connectivity index (χ2n) is 5.75. The summed E-state index contributed by atoms with van der Waals surface area (Å²) < 4.78 is 8.09. The minimum absolute atomic E-state index is 0.783. The summed E-state index contributed by atoms with van der Waals surface area (Å²) in [6.07, 6.45) is 3.35. The molecule has 0 N–H and O–H groups in total. The maximum atomic E-state index is 6.41. The van der Waals surface area contributed by atoms with Gasteiger partial charge in [-0.25, -0.2) is 4.52 Å². The van der Waals surface area contributed by atoms with Gasteiger partial charge < -0.3 is 4.42 Å². The van der Waals surface area contributed by atoms with Crippen molar-refractivity contribution in [2.75, 3.05) is 0 Å². The van der Waals surface area contributed by atoms with E-state index in [9.17, 15) is 0 Å². The van der Waals surface area contributed by atoms with Gasteiger partial charge in [-0.2, -0.15) is 5.10 Å². The van der Waals surface area contributed by atoms with Crippen molar-refractivity contribution in [2.24, 2.45) is 0 Å². The predicted octanol–water partition coefficient (Wildman–Crippen LogP) is 4.56. The van der Waals surface area contributed by atoms with E-state index < -0.39 is 8.07 Å². The minimum atomic E-state index is -1.61. The van der Waals surface area contributed by atoms with Crippen molar-refractivity contribution in [1.29, 1.82) is 0 Å². The van der Waals surface area contributed by atoms with Crippen molar-refractivity contribution in [3.63, 3.8) is 0 Å². The molecule has 0 radical (unpaired) electrons. The molecule has 3 nitrogen and oxygen atoms in total. The fourth-order valence-electron chi connectivity index (χ4n) is 2.32. The SMILES string of the molecule is C[Si](C)(C)c1c(Cl)ccc2c(Br)c(-c3ccoc3)nn12. The van der Waals surface area contributed by atoms with Crippen LogP contribution in [0, 0.1) is 0 Å². The van der Waals surface area contributed by atoms with E-state index in [-0.39, 0.29) is 0 Å². The Balaban J connectivity index is 2.37. The normalized spacial score (nSPS) is 12.2. The van der Waals surface area contributed by atoms with Crippen LogP contribution in [0.4, 0.5) is 0 Å². The van der Waals surface area contributed by atoms with E-state index in [1.165, 1.54) is 0 Å². The molecule has 0 amide bonds. The van der Waals surface area contributed by atoms with Crippen LogP contribution in [0.2, 0.25) is 24.7 Å². The standard InChI is InChI=1S/C14H14BrClN2OSi/c1-20(2,3)14-10(16)4-5-11-12(15)13(17-18(11)14)9-6-7-19-8-9/h4-8H,1-3H3. The molecule has 0 aliphatic carbocycles. The number of fused-ring (bicyclic) bond motifs is 1. The summed E-state index contributed by atoms with van der Waals surface area (Å²) in [4.78, 5) is 0. The van der Waals surface area contributed by atoms with Gasteiger partial charge in [0.25, 0.3) is 0 Å². The fraction of sp³-hybridized carbons (Fsp3) is 0.214. The third-order valence-electron chi connectivity index (χ3n) is 3.19. The predicted molar refractivity (Wildman–Crippen MR) is 88.6 cm³/mol. The number of hydrogen-bond acceptors (Lipinski definition) is 2. The number of pyridine rings is 1. The summed E-state index contributed by atoms with van der Waals surface area (Å²) in [7, 11) is -1.61. The summed E-state index contributed by atoms with van der Waals surface area (Å²) in [5.41, 5.74) is 2.86. The Labute approximate surface area is 131 Å². The molecule has 20 heavy (non-hydrogen) atoms. The second kappa shape index (κ2) is 4.75. The third-order valence-corrected chi connectivity index (χ3v) is 6.34. The van der Waals surface area contributed by atoms with Crippen molar-refractivity contribution in [1.82, 2.24) is 9.61 Å². The van der Waals surface area contributed by atoms with Gasteiger partial charge in [-0.15, -0.1) is 0 Å². The van der Waals surface area contributed by atoms with Crippen molar-refractivity contribution >= 4 is 46.4 Å². The Bertz CT molecular complexity index is 775. The highest BCUT2D eigenvalue weighted by atomic mass is 79.9. The molecule has 3 aromatic rings. The highest BCUT2D eigenvalue weighted by molar-refractivity contribution is 9.10. The fourth-order valence-corrected chi connectivity index (χ4v) is 5.53. The minimum Gasteiger partial charge on any atom is -0.472 e. The Morgan fingerprint density at radius 3 is 2.60 bits per heavy atom. The number of aromatic nitrogens is 2. The highest BCUT2D eigenvalue weighted by Crippen LogP contribution is 2.32. The van der Waals surface area contributed by atoms with E-state index in [0.717, 1.165) is 31.6 Å². The molecular weight excluding hydrogens is 356 g/mol. The lowest BCUT2D eigenvalue weighted by molar-refractivity contribution is 0.568. The van der Waals surface area contributed by atoms with Gasteiger partial charge in [-0.05, 0) is 34.1 Å². The van der Waals surface area contributed by atoms with Gasteiger partial charge in [0.05, 0.1) is 27.5 Å². The molecule has 3 heterocycles. The molecule has 0 atom stereocenters. The molecule has 0 aromatic carbocycles. The zero-order valence-electron chi connectivity index (χ0n) is 11.4. The Kier molecular flexibility index (Phi) is 3.31. The number of furan rings is 1. The van der Waals surface area contributed by atoms with Gasteiger partial charge >= 0.3 is 0 Å². The molecule has 0 spiro atoms. The summed E-state index contributed by atoms with van der Waals surface area (Å²) in [5, 5.41) is 6.66. The van der Waals surface area contributed by atoms with Crippen LogP contribution in [0.15, 0.2) is 39.6 Å². The Morgan fingerprint density at radius 1 is 1.25 bits per heavy atom.